The van der Waals surface area contributed by atoms with E-state index in [1.54, 1.807) is 0 Å². The molecule has 2 N–H and O–H groups in total. The van der Waals surface area contributed by atoms with E-state index in [2.05, 4.69) is 21.3 Å². The highest BCUT2D eigenvalue weighted by Crippen LogP contribution is 2.24. The lowest BCUT2D eigenvalue weighted by atomic mass is 10.0. The molecular weight excluding hydrogens is 359 g/mol. The highest BCUT2D eigenvalue weighted by Gasteiger charge is 2.21. The topological polar surface area (TPSA) is 59.0 Å². The fraction of sp³-hybridized carbons (Fsp3) is 0.556. The molecule has 1 fully saturated rings. The van der Waals surface area contributed by atoms with E-state index in [0.29, 0.717) is 0 Å². The molecule has 138 valence electrons. The monoisotopic (exact) mass is 384 g/mol. The molecular formula is C18H26Cl2N4O. The van der Waals surface area contributed by atoms with Crippen molar-refractivity contribution in [3.8, 4) is 0 Å². The van der Waals surface area contributed by atoms with E-state index in [1.807, 2.05) is 12.1 Å². The fourth-order valence-corrected chi connectivity index (χ4v) is 3.73. The van der Waals surface area contributed by atoms with E-state index in [0.717, 1.165) is 50.0 Å². The van der Waals surface area contributed by atoms with Crippen molar-refractivity contribution >= 4 is 47.4 Å². The van der Waals surface area contributed by atoms with Crippen LogP contribution in [0.1, 0.15) is 44.3 Å². The Morgan fingerprint density at radius 2 is 2.04 bits per heavy atom. The number of anilines is 1. The molecule has 1 saturated heterocycles. The van der Waals surface area contributed by atoms with Crippen LogP contribution in [0.3, 0.4) is 0 Å². The standard InChI is InChI=1S/C18H24N4O.2ClH/c23-18(14-6-3-4-10-19-14)20-13-8-9-16-15(12-13)21-17-7-2-1-5-11-22(16)17;;/h8-9,12,14,19H,1-7,10-11H2,(H,20,23);2*1H/t14-;;/m1../s1. The number of amides is 1. The molecule has 0 bridgehead atoms. The van der Waals surface area contributed by atoms with Gasteiger partial charge in [-0.3, -0.25) is 4.79 Å². The van der Waals surface area contributed by atoms with Gasteiger partial charge in [0.2, 0.25) is 5.91 Å². The largest absolute Gasteiger partial charge is 0.328 e. The van der Waals surface area contributed by atoms with Gasteiger partial charge >= 0.3 is 0 Å². The molecule has 4 rings (SSSR count). The zero-order chi connectivity index (χ0) is 15.6. The smallest absolute Gasteiger partial charge is 0.241 e. The third-order valence-corrected chi connectivity index (χ3v) is 5.00. The Morgan fingerprint density at radius 1 is 1.16 bits per heavy atom. The number of carbonyl (C=O) groups is 1. The highest BCUT2D eigenvalue weighted by atomic mass is 35.5. The van der Waals surface area contributed by atoms with Crippen molar-refractivity contribution in [1.29, 1.82) is 0 Å². The summed E-state index contributed by atoms with van der Waals surface area (Å²) in [5.41, 5.74) is 3.04. The number of aromatic nitrogens is 2. The number of nitrogens with one attached hydrogen (secondary N) is 2. The highest BCUT2D eigenvalue weighted by molar-refractivity contribution is 5.96. The van der Waals surface area contributed by atoms with Crippen molar-refractivity contribution in [2.75, 3.05) is 11.9 Å². The Balaban J connectivity index is 0.00000113. The van der Waals surface area contributed by atoms with Gasteiger partial charge in [-0.1, -0.05) is 12.8 Å². The number of imidazole rings is 1. The third kappa shape index (κ3) is 4.27. The minimum Gasteiger partial charge on any atom is -0.328 e. The van der Waals surface area contributed by atoms with Crippen LogP contribution in [0.15, 0.2) is 18.2 Å². The number of rotatable bonds is 2. The molecule has 1 atom stereocenters. The van der Waals surface area contributed by atoms with E-state index in [9.17, 15) is 4.79 Å². The summed E-state index contributed by atoms with van der Waals surface area (Å²) in [5.74, 6) is 1.26. The van der Waals surface area contributed by atoms with Gasteiger partial charge in [-0.25, -0.2) is 4.98 Å². The lowest BCUT2D eigenvalue weighted by Gasteiger charge is -2.22. The van der Waals surface area contributed by atoms with Crippen LogP contribution < -0.4 is 10.6 Å². The van der Waals surface area contributed by atoms with Gasteiger partial charge < -0.3 is 15.2 Å². The molecule has 2 aromatic rings. The Labute approximate surface area is 160 Å². The summed E-state index contributed by atoms with van der Waals surface area (Å²) < 4.78 is 2.34. The maximum atomic E-state index is 12.3. The number of aryl methyl sites for hydroxylation is 2. The summed E-state index contributed by atoms with van der Waals surface area (Å²) in [6, 6.07) is 6.06. The van der Waals surface area contributed by atoms with Gasteiger partial charge in [0, 0.05) is 18.7 Å². The second kappa shape index (κ2) is 8.88. The van der Waals surface area contributed by atoms with Gasteiger partial charge in [-0.15, -0.1) is 24.8 Å². The van der Waals surface area contributed by atoms with Crippen LogP contribution >= 0.6 is 24.8 Å². The summed E-state index contributed by atoms with van der Waals surface area (Å²) in [4.78, 5) is 17.1. The van der Waals surface area contributed by atoms with Crippen molar-refractivity contribution in [2.24, 2.45) is 0 Å². The number of halogens is 2. The molecule has 3 heterocycles. The summed E-state index contributed by atoms with van der Waals surface area (Å²) in [6.07, 6.45) is 8.00. The zero-order valence-electron chi connectivity index (χ0n) is 14.3. The predicted molar refractivity (Wildman–Crippen MR) is 106 cm³/mol. The van der Waals surface area contributed by atoms with Crippen molar-refractivity contribution in [3.05, 3.63) is 24.0 Å². The Bertz CT molecular complexity index is 725. The van der Waals surface area contributed by atoms with Gasteiger partial charge in [0.15, 0.2) is 0 Å². The van der Waals surface area contributed by atoms with E-state index >= 15 is 0 Å². The molecule has 0 unspecified atom stereocenters. The third-order valence-electron chi connectivity index (χ3n) is 5.00. The first-order valence-corrected chi connectivity index (χ1v) is 8.85. The van der Waals surface area contributed by atoms with Crippen LogP contribution in [0, 0.1) is 0 Å². The van der Waals surface area contributed by atoms with Crippen LogP contribution in [0.4, 0.5) is 5.69 Å². The molecule has 0 radical (unpaired) electrons. The number of hydrogen-bond acceptors (Lipinski definition) is 3. The number of carbonyl (C=O) groups excluding carboxylic acids is 1. The fourth-order valence-electron chi connectivity index (χ4n) is 3.73. The zero-order valence-corrected chi connectivity index (χ0v) is 15.9. The summed E-state index contributed by atoms with van der Waals surface area (Å²) in [5, 5.41) is 6.34. The van der Waals surface area contributed by atoms with Gasteiger partial charge in [0.05, 0.1) is 17.1 Å². The normalized spacial score (nSPS) is 19.9. The van der Waals surface area contributed by atoms with Crippen LogP contribution in [0.5, 0.6) is 0 Å². The number of hydrogen-bond donors (Lipinski definition) is 2. The van der Waals surface area contributed by atoms with Gasteiger partial charge in [0.1, 0.15) is 5.82 Å². The molecule has 25 heavy (non-hydrogen) atoms. The average Bonchev–Trinajstić information content (AvgIpc) is 2.76. The molecule has 5 nitrogen and oxygen atoms in total. The van der Waals surface area contributed by atoms with Crippen molar-refractivity contribution in [3.63, 3.8) is 0 Å². The lowest BCUT2D eigenvalue weighted by Crippen LogP contribution is -2.43. The van der Waals surface area contributed by atoms with E-state index < -0.39 is 0 Å². The van der Waals surface area contributed by atoms with Gasteiger partial charge in [0.25, 0.3) is 0 Å². The first-order valence-electron chi connectivity index (χ1n) is 8.85. The number of fused-ring (bicyclic) bond motifs is 3. The maximum Gasteiger partial charge on any atom is 0.241 e. The van der Waals surface area contributed by atoms with E-state index in [4.69, 9.17) is 4.98 Å². The average molecular weight is 385 g/mol. The van der Waals surface area contributed by atoms with Crippen LogP contribution in [0.25, 0.3) is 11.0 Å². The molecule has 2 aliphatic heterocycles. The summed E-state index contributed by atoms with van der Waals surface area (Å²) >= 11 is 0. The minimum absolute atomic E-state index is 0. The first-order chi connectivity index (χ1) is 11.3. The second-order valence-corrected chi connectivity index (χ2v) is 6.69. The molecule has 0 saturated carbocycles. The predicted octanol–water partition coefficient (Wildman–Crippen LogP) is 3.69. The summed E-state index contributed by atoms with van der Waals surface area (Å²) in [7, 11) is 0. The lowest BCUT2D eigenvalue weighted by molar-refractivity contribution is -0.118. The Hall–Kier alpha value is -1.30. The van der Waals surface area contributed by atoms with Crippen molar-refractivity contribution in [2.45, 2.75) is 57.5 Å². The molecule has 7 heteroatoms. The number of nitrogens with zero attached hydrogens (tertiary/aromatic N) is 2. The maximum absolute atomic E-state index is 12.3. The van der Waals surface area contributed by atoms with Crippen molar-refractivity contribution in [1.82, 2.24) is 14.9 Å². The second-order valence-electron chi connectivity index (χ2n) is 6.69. The first kappa shape index (κ1) is 20.0. The van der Waals surface area contributed by atoms with E-state index in [-0.39, 0.29) is 36.8 Å². The molecule has 0 spiro atoms. The SMILES string of the molecule is Cl.Cl.O=C(Nc1ccc2c(c1)nc1n2CCCCC1)[C@H]1CCCCN1. The number of piperidine rings is 1. The van der Waals surface area contributed by atoms with Crippen LogP contribution in [0.2, 0.25) is 0 Å². The molecule has 0 aliphatic carbocycles. The molecule has 1 aromatic heterocycles. The van der Waals surface area contributed by atoms with Crippen LogP contribution in [-0.4, -0.2) is 28.0 Å². The van der Waals surface area contributed by atoms with Crippen molar-refractivity contribution < 1.29 is 4.79 Å². The van der Waals surface area contributed by atoms with Gasteiger partial charge in [-0.05, 0) is 50.4 Å². The Kier molecular flexibility index (Phi) is 7.11. The van der Waals surface area contributed by atoms with E-state index in [1.165, 1.54) is 30.6 Å². The molecule has 1 aromatic carbocycles. The van der Waals surface area contributed by atoms with Gasteiger partial charge in [-0.2, -0.15) is 0 Å². The Morgan fingerprint density at radius 3 is 2.84 bits per heavy atom. The number of benzene rings is 1. The molecule has 1 amide bonds. The summed E-state index contributed by atoms with van der Waals surface area (Å²) in [6.45, 7) is 1.99. The quantitative estimate of drug-likeness (QED) is 0.829. The molecule has 2 aliphatic rings. The van der Waals surface area contributed by atoms with Crippen LogP contribution in [-0.2, 0) is 17.8 Å². The minimum atomic E-state index is -0.0573.